The molecule has 248 valence electrons. The van der Waals surface area contributed by atoms with E-state index in [4.69, 9.17) is 42.1 Å². The topological polar surface area (TPSA) is 169 Å². The minimum absolute atomic E-state index is 0.0877. The third-order valence-electron chi connectivity index (χ3n) is 6.32. The highest BCUT2D eigenvalue weighted by Crippen LogP contribution is 2.40. The van der Waals surface area contributed by atoms with E-state index in [1.807, 2.05) is 26.8 Å². The van der Waals surface area contributed by atoms with Gasteiger partial charge in [-0.25, -0.2) is 9.59 Å². The van der Waals surface area contributed by atoms with Crippen LogP contribution in [0.4, 0.5) is 27.5 Å². The predicted molar refractivity (Wildman–Crippen MR) is 174 cm³/mol. The van der Waals surface area contributed by atoms with Crippen molar-refractivity contribution in [3.05, 3.63) is 95.5 Å². The lowest BCUT2D eigenvalue weighted by molar-refractivity contribution is -0.394. The molecule has 0 aliphatic heterocycles. The Morgan fingerprint density at radius 2 is 1.65 bits per heavy atom. The number of halogens is 2. The number of anilines is 2. The van der Waals surface area contributed by atoms with E-state index in [9.17, 15) is 29.8 Å². The van der Waals surface area contributed by atoms with Crippen molar-refractivity contribution in [1.29, 1.82) is 0 Å². The summed E-state index contributed by atoms with van der Waals surface area (Å²) in [4.78, 5) is 44.5. The molecule has 0 fully saturated rings. The summed E-state index contributed by atoms with van der Waals surface area (Å²) in [5.41, 5.74) is 1.51. The fourth-order valence-corrected chi connectivity index (χ4v) is 4.26. The van der Waals surface area contributed by atoms with E-state index in [0.29, 0.717) is 40.0 Å². The normalized spacial score (nSPS) is 11.2. The van der Waals surface area contributed by atoms with E-state index in [1.165, 1.54) is 6.07 Å². The number of nitro groups is 2. The van der Waals surface area contributed by atoms with Crippen molar-refractivity contribution >= 4 is 58.1 Å². The first-order chi connectivity index (χ1) is 21.7. The van der Waals surface area contributed by atoms with Gasteiger partial charge in [0.1, 0.15) is 0 Å². The molecule has 1 unspecified atom stereocenters. The molecule has 0 spiro atoms. The van der Waals surface area contributed by atoms with E-state index in [0.717, 1.165) is 11.6 Å². The van der Waals surface area contributed by atoms with Crippen molar-refractivity contribution in [3.8, 4) is 5.75 Å². The number of carbonyl (C=O) groups excluding carboxylic acids is 2. The summed E-state index contributed by atoms with van der Waals surface area (Å²) in [6, 6.07) is 12.5. The smallest absolute Gasteiger partial charge is 0.435 e. The van der Waals surface area contributed by atoms with Gasteiger partial charge in [0, 0.05) is 18.2 Å². The Hall–Kier alpha value is -4.46. The lowest BCUT2D eigenvalue weighted by Gasteiger charge is -2.15. The van der Waals surface area contributed by atoms with Gasteiger partial charge in [0.15, 0.2) is 6.79 Å². The van der Waals surface area contributed by atoms with Gasteiger partial charge in [-0.3, -0.25) is 20.2 Å². The molecule has 15 heteroatoms. The van der Waals surface area contributed by atoms with Crippen LogP contribution in [0.5, 0.6) is 5.75 Å². The van der Waals surface area contributed by atoms with Crippen LogP contribution >= 0.6 is 23.2 Å². The second kappa shape index (κ2) is 17.9. The molecule has 1 N–H and O–H groups in total. The van der Waals surface area contributed by atoms with Crippen LogP contribution in [0.1, 0.15) is 68.4 Å². The van der Waals surface area contributed by atoms with Crippen LogP contribution in [0.3, 0.4) is 0 Å². The van der Waals surface area contributed by atoms with Crippen LogP contribution in [-0.2, 0) is 14.2 Å². The van der Waals surface area contributed by atoms with Gasteiger partial charge in [0.25, 0.3) is 5.69 Å². The van der Waals surface area contributed by atoms with Crippen molar-refractivity contribution in [2.24, 2.45) is 0 Å². The maximum Gasteiger partial charge on any atom is 0.514 e. The maximum absolute atomic E-state index is 12.2. The van der Waals surface area contributed by atoms with Crippen molar-refractivity contribution in [2.75, 3.05) is 18.7 Å². The van der Waals surface area contributed by atoms with E-state index >= 15 is 0 Å². The number of nitrogens with zero attached hydrogens (tertiary/aromatic N) is 2. The van der Waals surface area contributed by atoms with E-state index in [2.05, 4.69) is 5.32 Å². The first-order valence-electron chi connectivity index (χ1n) is 14.1. The summed E-state index contributed by atoms with van der Waals surface area (Å²) in [6.07, 6.45) is -1.01. The van der Waals surface area contributed by atoms with Gasteiger partial charge in [-0.05, 0) is 63.8 Å². The van der Waals surface area contributed by atoms with E-state index in [1.54, 1.807) is 51.1 Å². The molecule has 3 rings (SSSR count). The second-order valence-electron chi connectivity index (χ2n) is 9.99. The highest BCUT2D eigenvalue weighted by atomic mass is 35.5. The molecule has 0 aliphatic carbocycles. The zero-order valence-electron chi connectivity index (χ0n) is 26.1. The van der Waals surface area contributed by atoms with E-state index in [-0.39, 0.29) is 24.0 Å². The van der Waals surface area contributed by atoms with Gasteiger partial charge in [-0.1, -0.05) is 55.2 Å². The Balaban J connectivity index is 0.000000320. The standard InChI is InChI=1S/C17H17Cl2NO3.C14H18N2O7/c1-3-22-10-23-17(21)12-6-4-5-7-14(12)20-16-13(18)9-8-11(2)15(16)19;1-5-9(4)11-6-10(15(18)19)7-12(16(20)21)13(11)23-14(17)22-8(2)3/h4-9,20H,3,10H2,1-2H3;6-9H,5H2,1-4H3. The summed E-state index contributed by atoms with van der Waals surface area (Å²) in [5.74, 6) is -1.09. The van der Waals surface area contributed by atoms with Gasteiger partial charge in [0.2, 0.25) is 5.75 Å². The molecule has 0 amide bonds. The summed E-state index contributed by atoms with van der Waals surface area (Å²) >= 11 is 12.5. The Labute approximate surface area is 276 Å². The number of hydrogen-bond acceptors (Lipinski definition) is 11. The number of esters is 1. The minimum atomic E-state index is -1.10. The zero-order valence-corrected chi connectivity index (χ0v) is 27.6. The zero-order chi connectivity index (χ0) is 34.6. The fourth-order valence-electron chi connectivity index (χ4n) is 3.79. The molecule has 0 saturated carbocycles. The predicted octanol–water partition coefficient (Wildman–Crippen LogP) is 9.14. The number of nitrogens with one attached hydrogen (secondary N) is 1. The third-order valence-corrected chi connectivity index (χ3v) is 7.12. The van der Waals surface area contributed by atoms with Crippen molar-refractivity contribution in [3.63, 3.8) is 0 Å². The van der Waals surface area contributed by atoms with Crippen LogP contribution < -0.4 is 10.1 Å². The van der Waals surface area contributed by atoms with Crippen LogP contribution in [-0.4, -0.2) is 41.5 Å². The molecular weight excluding hydrogens is 645 g/mol. The number of carbonyl (C=O) groups is 2. The Kier molecular flexibility index (Phi) is 14.7. The molecule has 13 nitrogen and oxygen atoms in total. The Bertz CT molecular complexity index is 1570. The van der Waals surface area contributed by atoms with Gasteiger partial charge >= 0.3 is 17.8 Å². The van der Waals surface area contributed by atoms with Gasteiger partial charge in [-0.15, -0.1) is 0 Å². The number of rotatable bonds is 12. The molecule has 1 atom stereocenters. The van der Waals surface area contributed by atoms with Crippen molar-refractivity contribution in [2.45, 2.75) is 60.0 Å². The first-order valence-corrected chi connectivity index (χ1v) is 14.9. The number of aryl methyl sites for hydroxylation is 1. The summed E-state index contributed by atoms with van der Waals surface area (Å²) in [7, 11) is 0. The number of para-hydroxylation sites is 1. The number of ether oxygens (including phenoxy) is 4. The molecule has 0 saturated heterocycles. The number of benzene rings is 3. The fraction of sp³-hybridized carbons (Fsp3) is 0.355. The first kappa shape index (κ1) is 37.7. The third kappa shape index (κ3) is 10.6. The Morgan fingerprint density at radius 1 is 0.978 bits per heavy atom. The number of nitro benzene ring substituents is 2. The van der Waals surface area contributed by atoms with E-state index < -0.39 is 39.5 Å². The van der Waals surface area contributed by atoms with Crippen LogP contribution in [0.15, 0.2) is 48.5 Å². The number of non-ortho nitro benzene ring substituents is 1. The van der Waals surface area contributed by atoms with Crippen LogP contribution in [0.25, 0.3) is 0 Å². The quantitative estimate of drug-likeness (QED) is 0.0483. The molecule has 46 heavy (non-hydrogen) atoms. The van der Waals surface area contributed by atoms with Crippen molar-refractivity contribution < 1.29 is 38.4 Å². The van der Waals surface area contributed by atoms with Crippen LogP contribution in [0.2, 0.25) is 10.0 Å². The number of hydrogen-bond donors (Lipinski definition) is 1. The molecule has 3 aromatic rings. The minimum Gasteiger partial charge on any atom is -0.435 e. The molecular formula is C31H35Cl2N3O10. The SMILES string of the molecule is CCC(C)c1cc([N+](=O)[O-])cc([N+](=O)[O-])c1OC(=O)OC(C)C.CCOCOC(=O)c1ccccc1Nc1c(Cl)ccc(C)c1Cl. The largest absolute Gasteiger partial charge is 0.514 e. The van der Waals surface area contributed by atoms with Crippen LogP contribution in [0, 0.1) is 27.2 Å². The molecule has 0 heterocycles. The highest BCUT2D eigenvalue weighted by molar-refractivity contribution is 6.39. The second-order valence-corrected chi connectivity index (χ2v) is 10.8. The summed E-state index contributed by atoms with van der Waals surface area (Å²) in [6.45, 7) is 10.8. The monoisotopic (exact) mass is 679 g/mol. The van der Waals surface area contributed by atoms with Gasteiger partial charge in [-0.2, -0.15) is 0 Å². The molecule has 0 radical (unpaired) electrons. The lowest BCUT2D eigenvalue weighted by Crippen LogP contribution is -2.17. The average molecular weight is 681 g/mol. The van der Waals surface area contributed by atoms with Crippen molar-refractivity contribution in [1.82, 2.24) is 0 Å². The summed E-state index contributed by atoms with van der Waals surface area (Å²) < 4.78 is 19.9. The lowest BCUT2D eigenvalue weighted by atomic mass is 9.96. The molecule has 0 bridgehead atoms. The highest BCUT2D eigenvalue weighted by Gasteiger charge is 2.30. The Morgan fingerprint density at radius 3 is 2.24 bits per heavy atom. The average Bonchev–Trinajstić information content (AvgIpc) is 3.00. The summed E-state index contributed by atoms with van der Waals surface area (Å²) in [5, 5.41) is 26.3. The van der Waals surface area contributed by atoms with Gasteiger partial charge < -0.3 is 24.3 Å². The maximum atomic E-state index is 12.2. The molecule has 0 aromatic heterocycles. The molecule has 3 aromatic carbocycles. The molecule has 0 aliphatic rings. The van der Waals surface area contributed by atoms with Gasteiger partial charge in [0.05, 0.1) is 49.0 Å².